The van der Waals surface area contributed by atoms with Crippen LogP contribution in [0.3, 0.4) is 0 Å². The monoisotopic (exact) mass is 471 g/mol. The van der Waals surface area contributed by atoms with E-state index in [0.717, 1.165) is 12.3 Å². The van der Waals surface area contributed by atoms with Gasteiger partial charge in [-0.15, -0.1) is 0 Å². The minimum Gasteiger partial charge on any atom is -0.412 e. The molecule has 28 heavy (non-hydrogen) atoms. The number of hydrogen-bond donors (Lipinski definition) is 1. The number of rotatable bonds is 10. The molecule has 2 N–H and O–H groups in total. The van der Waals surface area contributed by atoms with Gasteiger partial charge in [0.1, 0.15) is 0 Å². The van der Waals surface area contributed by atoms with Crippen LogP contribution in [0.4, 0.5) is 0 Å². The van der Waals surface area contributed by atoms with Crippen LogP contribution in [-0.4, -0.2) is 19.5 Å². The van der Waals surface area contributed by atoms with Crippen molar-refractivity contribution in [3.05, 3.63) is 10.6 Å². The Morgan fingerprint density at radius 3 is 2.39 bits per heavy atom. The summed E-state index contributed by atoms with van der Waals surface area (Å²) < 4.78 is 6.80. The maximum absolute atomic E-state index is 7.02. The fourth-order valence-corrected chi connectivity index (χ4v) is 10.2. The average Bonchev–Trinajstić information content (AvgIpc) is 2.94. The van der Waals surface area contributed by atoms with Crippen LogP contribution >= 0.6 is 15.9 Å². The molecule has 1 unspecified atom stereocenters. The Morgan fingerprint density at radius 1 is 1.18 bits per heavy atom. The number of nitrogens with two attached hydrogens (primary N) is 1. The molecule has 2 aliphatic rings. The topological polar surface area (TPSA) is 35.2 Å². The van der Waals surface area contributed by atoms with E-state index < -0.39 is 8.32 Å². The van der Waals surface area contributed by atoms with Crippen LogP contribution in [0.15, 0.2) is 10.6 Å². The zero-order chi connectivity index (χ0) is 21.1. The maximum Gasteiger partial charge on any atom is 0.192 e. The Balaban J connectivity index is 1.88. The Kier molecular flexibility index (Phi) is 8.49. The molecule has 2 saturated carbocycles. The van der Waals surface area contributed by atoms with E-state index in [1.807, 2.05) is 0 Å². The summed E-state index contributed by atoms with van der Waals surface area (Å²) >= 11 is 3.60. The molecule has 0 aromatic heterocycles. The number of hydrogen-bond acceptors (Lipinski definition) is 2. The van der Waals surface area contributed by atoms with Gasteiger partial charge in [0.05, 0.1) is 5.60 Å². The summed E-state index contributed by atoms with van der Waals surface area (Å²) in [5.41, 5.74) is 8.72. The zero-order valence-electron chi connectivity index (χ0n) is 19.5. The van der Waals surface area contributed by atoms with E-state index in [1.54, 1.807) is 0 Å². The van der Waals surface area contributed by atoms with Crippen molar-refractivity contribution in [3.8, 4) is 0 Å². The van der Waals surface area contributed by atoms with Crippen molar-refractivity contribution in [1.29, 1.82) is 0 Å². The lowest BCUT2D eigenvalue weighted by Crippen LogP contribution is -2.55. The molecule has 0 bridgehead atoms. The smallest absolute Gasteiger partial charge is 0.192 e. The summed E-state index contributed by atoms with van der Waals surface area (Å²) in [5, 5.41) is 0. The molecule has 0 aliphatic heterocycles. The third-order valence-corrected chi connectivity index (χ3v) is 14.1. The van der Waals surface area contributed by atoms with Gasteiger partial charge in [-0.25, -0.2) is 0 Å². The van der Waals surface area contributed by atoms with Crippen LogP contribution in [0.1, 0.15) is 99.3 Å². The Morgan fingerprint density at radius 2 is 1.82 bits per heavy atom. The van der Waals surface area contributed by atoms with E-state index in [0.29, 0.717) is 0 Å². The second-order valence-electron chi connectivity index (χ2n) is 10.5. The fourth-order valence-electron chi connectivity index (χ4n) is 6.35. The molecule has 0 amide bonds. The van der Waals surface area contributed by atoms with Crippen molar-refractivity contribution in [2.45, 2.75) is 129 Å². The SMILES string of the molecule is CC[Si](CC)(CC)OC(C)(C)CCCCC1CC[C@@]2(N)/C(=C/Br)CCC[C@]12C. The van der Waals surface area contributed by atoms with Gasteiger partial charge in [0.2, 0.25) is 0 Å². The normalized spacial score (nSPS) is 32.7. The van der Waals surface area contributed by atoms with Gasteiger partial charge in [-0.05, 0) is 98.8 Å². The first-order chi connectivity index (χ1) is 13.1. The predicted molar refractivity (Wildman–Crippen MR) is 129 cm³/mol. The highest BCUT2D eigenvalue weighted by atomic mass is 79.9. The molecule has 3 atom stereocenters. The molecule has 4 heteroatoms. The lowest BCUT2D eigenvalue weighted by molar-refractivity contribution is 0.0779. The number of halogens is 1. The molecule has 0 aromatic rings. The van der Waals surface area contributed by atoms with Gasteiger partial charge in [0, 0.05) is 5.54 Å². The van der Waals surface area contributed by atoms with Gasteiger partial charge < -0.3 is 10.2 Å². The highest BCUT2D eigenvalue weighted by molar-refractivity contribution is 9.11. The summed E-state index contributed by atoms with van der Waals surface area (Å²) in [6.45, 7) is 14.1. The molecule has 0 aromatic carbocycles. The van der Waals surface area contributed by atoms with Gasteiger partial charge in [-0.2, -0.15) is 0 Å². The zero-order valence-corrected chi connectivity index (χ0v) is 22.1. The molecule has 2 rings (SSSR count). The van der Waals surface area contributed by atoms with Gasteiger partial charge in [-0.3, -0.25) is 0 Å². The standard InChI is InChI=1S/C24H46BrNOSi/c1-7-28(8-2,9-3)27-22(4,5)16-11-10-13-20-15-18-24(26)21(19-25)14-12-17-23(20,24)6/h19-20H,7-18,26H2,1-6H3/b21-19+/t20?,23-,24-/m1/s1. The van der Waals surface area contributed by atoms with Crippen LogP contribution in [0.25, 0.3) is 0 Å². The van der Waals surface area contributed by atoms with Crippen LogP contribution in [0.2, 0.25) is 18.1 Å². The second kappa shape index (κ2) is 9.66. The van der Waals surface area contributed by atoms with Crippen molar-refractivity contribution < 1.29 is 4.43 Å². The van der Waals surface area contributed by atoms with Crippen LogP contribution < -0.4 is 5.73 Å². The molecular weight excluding hydrogens is 426 g/mol. The molecule has 2 aliphatic carbocycles. The molecule has 164 valence electrons. The summed E-state index contributed by atoms with van der Waals surface area (Å²) in [6.07, 6.45) is 11.3. The van der Waals surface area contributed by atoms with Crippen molar-refractivity contribution >= 4 is 24.2 Å². The van der Waals surface area contributed by atoms with E-state index in [4.69, 9.17) is 10.2 Å². The lowest BCUT2D eigenvalue weighted by Gasteiger charge is -2.49. The summed E-state index contributed by atoms with van der Waals surface area (Å²) in [6, 6.07) is 3.73. The third-order valence-electron chi connectivity index (χ3n) is 8.66. The van der Waals surface area contributed by atoms with Crippen molar-refractivity contribution in [2.75, 3.05) is 0 Å². The molecular formula is C24H46BrNOSi. The molecule has 2 nitrogen and oxygen atoms in total. The minimum atomic E-state index is -1.52. The van der Waals surface area contributed by atoms with Gasteiger partial charge in [-0.1, -0.05) is 56.5 Å². The van der Waals surface area contributed by atoms with E-state index in [2.05, 4.69) is 62.5 Å². The number of fused-ring (bicyclic) bond motifs is 1. The van der Waals surface area contributed by atoms with E-state index in [9.17, 15) is 0 Å². The lowest BCUT2D eigenvalue weighted by atomic mass is 9.59. The highest BCUT2D eigenvalue weighted by Crippen LogP contribution is 2.60. The first kappa shape index (κ1) is 24.6. The maximum atomic E-state index is 7.02. The summed E-state index contributed by atoms with van der Waals surface area (Å²) in [4.78, 5) is 2.14. The van der Waals surface area contributed by atoms with E-state index in [1.165, 1.54) is 75.1 Å². The molecule has 0 spiro atoms. The minimum absolute atomic E-state index is 0.0299. The van der Waals surface area contributed by atoms with Crippen LogP contribution in [0.5, 0.6) is 0 Å². The fraction of sp³-hybridized carbons (Fsp3) is 0.917. The van der Waals surface area contributed by atoms with Crippen LogP contribution in [0, 0.1) is 11.3 Å². The Bertz CT molecular complexity index is 536. The summed E-state index contributed by atoms with van der Waals surface area (Å²) in [5.74, 6) is 0.777. The van der Waals surface area contributed by atoms with Gasteiger partial charge in [0.15, 0.2) is 8.32 Å². The van der Waals surface area contributed by atoms with E-state index >= 15 is 0 Å². The van der Waals surface area contributed by atoms with Crippen molar-refractivity contribution in [3.63, 3.8) is 0 Å². The number of unbranched alkanes of at least 4 members (excludes halogenated alkanes) is 1. The average molecular weight is 473 g/mol. The highest BCUT2D eigenvalue weighted by Gasteiger charge is 2.57. The summed E-state index contributed by atoms with van der Waals surface area (Å²) in [7, 11) is -1.52. The molecule has 0 saturated heterocycles. The van der Waals surface area contributed by atoms with E-state index in [-0.39, 0.29) is 16.6 Å². The predicted octanol–water partition coefficient (Wildman–Crippen LogP) is 7.92. The first-order valence-electron chi connectivity index (χ1n) is 11.9. The van der Waals surface area contributed by atoms with Gasteiger partial charge >= 0.3 is 0 Å². The van der Waals surface area contributed by atoms with Gasteiger partial charge in [0.25, 0.3) is 0 Å². The Labute approximate surface area is 184 Å². The molecule has 2 fully saturated rings. The first-order valence-corrected chi connectivity index (χ1v) is 15.4. The second-order valence-corrected chi connectivity index (χ2v) is 15.6. The van der Waals surface area contributed by atoms with Crippen LogP contribution in [-0.2, 0) is 4.43 Å². The Hall–Kier alpha value is 0.357. The largest absolute Gasteiger partial charge is 0.412 e. The quantitative estimate of drug-likeness (QED) is 0.259. The van der Waals surface area contributed by atoms with Crippen molar-refractivity contribution in [2.24, 2.45) is 17.1 Å². The molecule has 0 radical (unpaired) electrons. The molecule has 0 heterocycles. The van der Waals surface area contributed by atoms with Crippen molar-refractivity contribution in [1.82, 2.24) is 0 Å². The third kappa shape index (κ3) is 4.81.